The maximum absolute atomic E-state index is 13.3. The molecule has 0 amide bonds. The van der Waals surface area contributed by atoms with Gasteiger partial charge in [0.2, 0.25) is 0 Å². The third kappa shape index (κ3) is 3.85. The summed E-state index contributed by atoms with van der Waals surface area (Å²) in [6.07, 6.45) is 1.69. The lowest BCUT2D eigenvalue weighted by Gasteiger charge is -2.16. The highest BCUT2D eigenvalue weighted by molar-refractivity contribution is 7.09. The monoisotopic (exact) mass is 278 g/mol. The van der Waals surface area contributed by atoms with Gasteiger partial charge in [-0.1, -0.05) is 6.07 Å². The number of halogens is 1. The summed E-state index contributed by atoms with van der Waals surface area (Å²) in [5.74, 6) is -0.167. The number of rotatable bonds is 5. The Labute approximate surface area is 117 Å². The van der Waals surface area contributed by atoms with Crippen molar-refractivity contribution in [2.75, 3.05) is 7.05 Å². The molecule has 0 aliphatic carbocycles. The third-order valence-electron chi connectivity index (χ3n) is 3.31. The van der Waals surface area contributed by atoms with Gasteiger partial charge in [-0.25, -0.2) is 9.37 Å². The first-order valence-corrected chi connectivity index (χ1v) is 7.29. The van der Waals surface area contributed by atoms with Gasteiger partial charge in [0.05, 0.1) is 10.7 Å². The summed E-state index contributed by atoms with van der Waals surface area (Å²) in [6, 6.07) is 5.26. The molecule has 1 aromatic carbocycles. The maximum atomic E-state index is 13.3. The molecular formula is C15H19FN2S. The van der Waals surface area contributed by atoms with Gasteiger partial charge in [-0.2, -0.15) is 0 Å². The summed E-state index contributed by atoms with van der Waals surface area (Å²) in [7, 11) is 1.94. The molecule has 2 nitrogen and oxygen atoms in total. The van der Waals surface area contributed by atoms with Gasteiger partial charge in [-0.15, -0.1) is 11.3 Å². The number of likely N-dealkylation sites (N-methyl/N-ethyl adjacent to an activating group) is 1. The van der Waals surface area contributed by atoms with Crippen LogP contribution in [0, 0.1) is 19.7 Å². The number of hydrogen-bond donors (Lipinski definition) is 1. The van der Waals surface area contributed by atoms with E-state index in [-0.39, 0.29) is 11.9 Å². The largest absolute Gasteiger partial charge is 0.316 e. The summed E-state index contributed by atoms with van der Waals surface area (Å²) in [6.45, 7) is 4.04. The second kappa shape index (κ2) is 6.26. The molecule has 0 bridgehead atoms. The first-order chi connectivity index (χ1) is 9.08. The molecule has 1 unspecified atom stereocenters. The van der Waals surface area contributed by atoms with Crippen molar-refractivity contribution in [3.05, 3.63) is 51.2 Å². The van der Waals surface area contributed by atoms with E-state index in [0.29, 0.717) is 0 Å². The molecule has 1 atom stereocenters. The molecule has 102 valence electrons. The van der Waals surface area contributed by atoms with Crippen LogP contribution in [0.15, 0.2) is 23.6 Å². The van der Waals surface area contributed by atoms with Crippen LogP contribution in [0.5, 0.6) is 0 Å². The first kappa shape index (κ1) is 14.2. The van der Waals surface area contributed by atoms with Gasteiger partial charge in [0.25, 0.3) is 0 Å². The SMILES string of the molecule is CNC(Cc1csc(C)n1)Cc1cc(F)ccc1C. The Morgan fingerprint density at radius 3 is 2.74 bits per heavy atom. The minimum atomic E-state index is -0.167. The second-order valence-electron chi connectivity index (χ2n) is 4.82. The Morgan fingerprint density at radius 2 is 2.11 bits per heavy atom. The van der Waals surface area contributed by atoms with Crippen LogP contribution in [-0.4, -0.2) is 18.1 Å². The van der Waals surface area contributed by atoms with E-state index in [9.17, 15) is 4.39 Å². The van der Waals surface area contributed by atoms with Gasteiger partial charge in [0.15, 0.2) is 0 Å². The van der Waals surface area contributed by atoms with Crippen LogP contribution in [0.25, 0.3) is 0 Å². The number of nitrogens with zero attached hydrogens (tertiary/aromatic N) is 1. The average molecular weight is 278 g/mol. The Kier molecular flexibility index (Phi) is 4.66. The lowest BCUT2D eigenvalue weighted by atomic mass is 9.98. The van der Waals surface area contributed by atoms with Gasteiger partial charge in [0, 0.05) is 17.8 Å². The first-order valence-electron chi connectivity index (χ1n) is 6.42. The molecule has 0 spiro atoms. The van der Waals surface area contributed by atoms with Gasteiger partial charge in [0.1, 0.15) is 5.82 Å². The second-order valence-corrected chi connectivity index (χ2v) is 5.88. The van der Waals surface area contributed by atoms with Crippen molar-refractivity contribution in [2.24, 2.45) is 0 Å². The maximum Gasteiger partial charge on any atom is 0.123 e. The van der Waals surface area contributed by atoms with Gasteiger partial charge in [-0.3, -0.25) is 0 Å². The molecule has 0 radical (unpaired) electrons. The lowest BCUT2D eigenvalue weighted by Crippen LogP contribution is -2.30. The van der Waals surface area contributed by atoms with Crippen LogP contribution in [0.4, 0.5) is 4.39 Å². The number of benzene rings is 1. The van der Waals surface area contributed by atoms with E-state index in [4.69, 9.17) is 0 Å². The van der Waals surface area contributed by atoms with E-state index in [0.717, 1.165) is 34.7 Å². The van der Waals surface area contributed by atoms with Crippen molar-refractivity contribution < 1.29 is 4.39 Å². The Balaban J connectivity index is 2.08. The summed E-state index contributed by atoms with van der Waals surface area (Å²) in [4.78, 5) is 4.48. The number of thiazole rings is 1. The number of aryl methyl sites for hydroxylation is 2. The van der Waals surface area contributed by atoms with Crippen LogP contribution in [0.3, 0.4) is 0 Å². The van der Waals surface area contributed by atoms with Crippen LogP contribution in [0.2, 0.25) is 0 Å². The molecule has 4 heteroatoms. The fraction of sp³-hybridized carbons (Fsp3) is 0.400. The number of aromatic nitrogens is 1. The summed E-state index contributed by atoms with van der Waals surface area (Å²) >= 11 is 1.67. The highest BCUT2D eigenvalue weighted by Gasteiger charge is 2.12. The van der Waals surface area contributed by atoms with Crippen molar-refractivity contribution in [3.63, 3.8) is 0 Å². The van der Waals surface area contributed by atoms with Gasteiger partial charge >= 0.3 is 0 Å². The predicted molar refractivity (Wildman–Crippen MR) is 78.2 cm³/mol. The van der Waals surface area contributed by atoms with E-state index < -0.39 is 0 Å². The molecule has 1 N–H and O–H groups in total. The van der Waals surface area contributed by atoms with Crippen molar-refractivity contribution in [1.82, 2.24) is 10.3 Å². The van der Waals surface area contributed by atoms with E-state index in [1.54, 1.807) is 17.4 Å². The third-order valence-corrected chi connectivity index (χ3v) is 4.13. The highest BCUT2D eigenvalue weighted by atomic mass is 32.1. The average Bonchev–Trinajstić information content (AvgIpc) is 2.78. The van der Waals surface area contributed by atoms with Crippen LogP contribution in [0.1, 0.15) is 21.8 Å². The fourth-order valence-corrected chi connectivity index (χ4v) is 2.78. The normalized spacial score (nSPS) is 12.6. The number of hydrogen-bond acceptors (Lipinski definition) is 3. The summed E-state index contributed by atoms with van der Waals surface area (Å²) in [5, 5.41) is 6.48. The fourth-order valence-electron chi connectivity index (χ4n) is 2.16. The zero-order chi connectivity index (χ0) is 13.8. The van der Waals surface area contributed by atoms with E-state index in [1.807, 2.05) is 27.0 Å². The van der Waals surface area contributed by atoms with Crippen molar-refractivity contribution in [2.45, 2.75) is 32.7 Å². The van der Waals surface area contributed by atoms with E-state index in [2.05, 4.69) is 15.7 Å². The van der Waals surface area contributed by atoms with E-state index >= 15 is 0 Å². The molecule has 1 aromatic heterocycles. The van der Waals surface area contributed by atoms with Gasteiger partial charge in [-0.05, 0) is 50.6 Å². The molecule has 0 aliphatic heterocycles. The van der Waals surface area contributed by atoms with Crippen molar-refractivity contribution >= 4 is 11.3 Å². The quantitative estimate of drug-likeness (QED) is 0.908. The predicted octanol–water partition coefficient (Wildman–Crippen LogP) is 3.27. The Hall–Kier alpha value is -1.26. The van der Waals surface area contributed by atoms with Crippen LogP contribution < -0.4 is 5.32 Å². The highest BCUT2D eigenvalue weighted by Crippen LogP contribution is 2.16. The topological polar surface area (TPSA) is 24.9 Å². The molecule has 0 aliphatic rings. The standard InChI is InChI=1S/C15H19FN2S/c1-10-4-5-13(16)6-12(10)7-14(17-3)8-15-9-19-11(2)18-15/h4-6,9,14,17H,7-8H2,1-3H3. The van der Waals surface area contributed by atoms with E-state index in [1.165, 1.54) is 6.07 Å². The Morgan fingerprint density at radius 1 is 1.32 bits per heavy atom. The molecule has 19 heavy (non-hydrogen) atoms. The molecule has 1 heterocycles. The molecule has 2 aromatic rings. The van der Waals surface area contributed by atoms with Gasteiger partial charge < -0.3 is 5.32 Å². The molecular weight excluding hydrogens is 259 g/mol. The lowest BCUT2D eigenvalue weighted by molar-refractivity contribution is 0.546. The van der Waals surface area contributed by atoms with Crippen LogP contribution in [-0.2, 0) is 12.8 Å². The summed E-state index contributed by atoms with van der Waals surface area (Å²) in [5.41, 5.74) is 3.30. The van der Waals surface area contributed by atoms with Crippen LogP contribution >= 0.6 is 11.3 Å². The molecule has 0 saturated carbocycles. The zero-order valence-electron chi connectivity index (χ0n) is 11.5. The zero-order valence-corrected chi connectivity index (χ0v) is 12.4. The van der Waals surface area contributed by atoms with Crippen molar-refractivity contribution in [1.29, 1.82) is 0 Å². The molecule has 2 rings (SSSR count). The Bertz CT molecular complexity index is 551. The molecule has 0 fully saturated rings. The summed E-state index contributed by atoms with van der Waals surface area (Å²) < 4.78 is 13.3. The molecule has 0 saturated heterocycles. The van der Waals surface area contributed by atoms with Crippen molar-refractivity contribution in [3.8, 4) is 0 Å². The minimum Gasteiger partial charge on any atom is -0.316 e. The number of nitrogens with one attached hydrogen (secondary N) is 1. The minimum absolute atomic E-state index is 0.167. The smallest absolute Gasteiger partial charge is 0.123 e.